The molecule has 0 saturated carbocycles. The van der Waals surface area contributed by atoms with Crippen molar-refractivity contribution in [1.29, 1.82) is 0 Å². The predicted octanol–water partition coefficient (Wildman–Crippen LogP) is 2.64. The molecule has 1 aliphatic rings. The quantitative estimate of drug-likeness (QED) is 0.857. The number of ether oxygens (including phenoxy) is 2. The van der Waals surface area contributed by atoms with Crippen molar-refractivity contribution >= 4 is 12.0 Å². The molecule has 0 radical (unpaired) electrons. The van der Waals surface area contributed by atoms with Crippen LogP contribution in [0.15, 0.2) is 54.6 Å². The van der Waals surface area contributed by atoms with E-state index in [9.17, 15) is 14.7 Å². The SMILES string of the molecule is CC(Oc1ccc(O)cc1)C(=O)N1CCN(C(=O)OCc2ccccc2)CC1. The summed E-state index contributed by atoms with van der Waals surface area (Å²) in [4.78, 5) is 28.1. The first-order valence-electron chi connectivity index (χ1n) is 9.23. The molecule has 1 fully saturated rings. The van der Waals surface area contributed by atoms with E-state index >= 15 is 0 Å². The lowest BCUT2D eigenvalue weighted by atomic mass is 10.2. The van der Waals surface area contributed by atoms with Gasteiger partial charge in [0.25, 0.3) is 5.91 Å². The lowest BCUT2D eigenvalue weighted by Crippen LogP contribution is -2.53. The largest absolute Gasteiger partial charge is 0.508 e. The summed E-state index contributed by atoms with van der Waals surface area (Å²) in [5, 5.41) is 9.30. The highest BCUT2D eigenvalue weighted by Gasteiger charge is 2.28. The second-order valence-corrected chi connectivity index (χ2v) is 6.61. The molecule has 1 saturated heterocycles. The number of phenolic OH excluding ortho intramolecular Hbond substituents is 1. The molecule has 1 aliphatic heterocycles. The highest BCUT2D eigenvalue weighted by Crippen LogP contribution is 2.18. The molecule has 0 bridgehead atoms. The first-order valence-corrected chi connectivity index (χ1v) is 9.23. The van der Waals surface area contributed by atoms with Crippen molar-refractivity contribution in [2.75, 3.05) is 26.2 Å². The fraction of sp³-hybridized carbons (Fsp3) is 0.333. The van der Waals surface area contributed by atoms with E-state index < -0.39 is 6.10 Å². The molecule has 2 aromatic rings. The molecule has 1 heterocycles. The summed E-state index contributed by atoms with van der Waals surface area (Å²) in [7, 11) is 0. The Morgan fingerprint density at radius 2 is 1.57 bits per heavy atom. The Balaban J connectivity index is 1.44. The Kier molecular flexibility index (Phi) is 6.37. The van der Waals surface area contributed by atoms with E-state index in [2.05, 4.69) is 0 Å². The van der Waals surface area contributed by atoms with Crippen LogP contribution in [0.5, 0.6) is 11.5 Å². The second kappa shape index (κ2) is 9.12. The number of benzene rings is 2. The number of aromatic hydroxyl groups is 1. The van der Waals surface area contributed by atoms with Crippen LogP contribution >= 0.6 is 0 Å². The van der Waals surface area contributed by atoms with Gasteiger partial charge in [-0.05, 0) is 36.8 Å². The average molecular weight is 384 g/mol. The Morgan fingerprint density at radius 1 is 0.964 bits per heavy atom. The van der Waals surface area contributed by atoms with E-state index in [-0.39, 0.29) is 24.4 Å². The molecule has 3 rings (SSSR count). The number of hydrogen-bond acceptors (Lipinski definition) is 5. The summed E-state index contributed by atoms with van der Waals surface area (Å²) < 4.78 is 11.0. The summed E-state index contributed by atoms with van der Waals surface area (Å²) in [6.07, 6.45) is -1.02. The zero-order valence-electron chi connectivity index (χ0n) is 15.8. The van der Waals surface area contributed by atoms with Crippen LogP contribution in [-0.2, 0) is 16.1 Å². The Bertz CT molecular complexity index is 786. The number of piperazine rings is 1. The third-order valence-electron chi connectivity index (χ3n) is 4.55. The van der Waals surface area contributed by atoms with Gasteiger partial charge in [0, 0.05) is 26.2 Å². The van der Waals surface area contributed by atoms with Crippen LogP contribution in [0.25, 0.3) is 0 Å². The van der Waals surface area contributed by atoms with Gasteiger partial charge in [-0.2, -0.15) is 0 Å². The first kappa shape index (κ1) is 19.5. The summed E-state index contributed by atoms with van der Waals surface area (Å²) in [5.74, 6) is 0.522. The highest BCUT2D eigenvalue weighted by molar-refractivity contribution is 5.81. The Hall–Kier alpha value is -3.22. The van der Waals surface area contributed by atoms with Crippen molar-refractivity contribution < 1.29 is 24.2 Å². The van der Waals surface area contributed by atoms with Gasteiger partial charge in [-0.25, -0.2) is 4.79 Å². The van der Waals surface area contributed by atoms with Gasteiger partial charge in [0.2, 0.25) is 0 Å². The summed E-state index contributed by atoms with van der Waals surface area (Å²) >= 11 is 0. The molecule has 0 spiro atoms. The molecule has 1 unspecified atom stereocenters. The van der Waals surface area contributed by atoms with Crippen molar-refractivity contribution in [1.82, 2.24) is 9.80 Å². The third-order valence-corrected chi connectivity index (χ3v) is 4.55. The van der Waals surface area contributed by atoms with E-state index in [1.165, 1.54) is 12.1 Å². The van der Waals surface area contributed by atoms with Crippen LogP contribution in [0, 0.1) is 0 Å². The maximum absolute atomic E-state index is 12.6. The monoisotopic (exact) mass is 384 g/mol. The topological polar surface area (TPSA) is 79.3 Å². The molecule has 0 aromatic heterocycles. The highest BCUT2D eigenvalue weighted by atomic mass is 16.6. The maximum Gasteiger partial charge on any atom is 0.410 e. The number of carbonyl (C=O) groups is 2. The van der Waals surface area contributed by atoms with Crippen molar-refractivity contribution in [2.24, 2.45) is 0 Å². The lowest BCUT2D eigenvalue weighted by molar-refractivity contribution is -0.139. The molecule has 0 aliphatic carbocycles. The number of carbonyl (C=O) groups excluding carboxylic acids is 2. The Morgan fingerprint density at radius 3 is 2.21 bits per heavy atom. The van der Waals surface area contributed by atoms with Crippen molar-refractivity contribution in [2.45, 2.75) is 19.6 Å². The minimum atomic E-state index is -0.652. The van der Waals surface area contributed by atoms with Crippen LogP contribution in [-0.4, -0.2) is 59.2 Å². The Labute approximate surface area is 164 Å². The number of amides is 2. The minimum Gasteiger partial charge on any atom is -0.508 e. The molecular formula is C21H24N2O5. The van der Waals surface area contributed by atoms with Crippen molar-refractivity contribution in [3.63, 3.8) is 0 Å². The van der Waals surface area contributed by atoms with E-state index in [1.807, 2.05) is 30.3 Å². The van der Waals surface area contributed by atoms with E-state index in [0.717, 1.165) is 5.56 Å². The zero-order chi connectivity index (χ0) is 19.9. The van der Waals surface area contributed by atoms with E-state index in [4.69, 9.17) is 9.47 Å². The third kappa shape index (κ3) is 5.16. The summed E-state index contributed by atoms with van der Waals surface area (Å²) in [6.45, 7) is 3.63. The van der Waals surface area contributed by atoms with Crippen molar-refractivity contribution in [3.05, 3.63) is 60.2 Å². The number of rotatable bonds is 5. The lowest BCUT2D eigenvalue weighted by Gasteiger charge is -2.35. The van der Waals surface area contributed by atoms with Gasteiger partial charge in [-0.15, -0.1) is 0 Å². The van der Waals surface area contributed by atoms with Gasteiger partial charge in [0.15, 0.2) is 6.10 Å². The zero-order valence-corrected chi connectivity index (χ0v) is 15.8. The van der Waals surface area contributed by atoms with Crippen LogP contribution in [0.2, 0.25) is 0 Å². The maximum atomic E-state index is 12.6. The molecule has 7 nitrogen and oxygen atoms in total. The van der Waals surface area contributed by atoms with Gasteiger partial charge >= 0.3 is 6.09 Å². The number of phenols is 1. The molecule has 1 atom stereocenters. The van der Waals surface area contributed by atoms with Gasteiger partial charge in [0.1, 0.15) is 18.1 Å². The first-order chi connectivity index (χ1) is 13.5. The normalized spacial score (nSPS) is 15.0. The number of hydrogen-bond donors (Lipinski definition) is 1. The smallest absolute Gasteiger partial charge is 0.410 e. The van der Waals surface area contributed by atoms with Crippen molar-refractivity contribution in [3.8, 4) is 11.5 Å². The van der Waals surface area contributed by atoms with E-state index in [1.54, 1.807) is 28.9 Å². The van der Waals surface area contributed by atoms with Crippen LogP contribution in [0.4, 0.5) is 4.79 Å². The van der Waals surface area contributed by atoms with Gasteiger partial charge in [-0.1, -0.05) is 30.3 Å². The molecular weight excluding hydrogens is 360 g/mol. The predicted molar refractivity (Wildman–Crippen MR) is 103 cm³/mol. The molecule has 1 N–H and O–H groups in total. The molecule has 28 heavy (non-hydrogen) atoms. The molecule has 2 amide bonds. The van der Waals surface area contributed by atoms with Crippen LogP contribution in [0.1, 0.15) is 12.5 Å². The summed E-state index contributed by atoms with van der Waals surface area (Å²) in [5.41, 5.74) is 0.935. The van der Waals surface area contributed by atoms with Crippen LogP contribution < -0.4 is 4.74 Å². The molecule has 7 heteroatoms. The fourth-order valence-electron chi connectivity index (χ4n) is 2.96. The van der Waals surface area contributed by atoms with Gasteiger partial charge < -0.3 is 24.4 Å². The van der Waals surface area contributed by atoms with Crippen LogP contribution in [0.3, 0.4) is 0 Å². The van der Waals surface area contributed by atoms with E-state index in [0.29, 0.717) is 31.9 Å². The second-order valence-electron chi connectivity index (χ2n) is 6.61. The van der Waals surface area contributed by atoms with Gasteiger partial charge in [-0.3, -0.25) is 4.79 Å². The summed E-state index contributed by atoms with van der Waals surface area (Å²) in [6, 6.07) is 15.7. The average Bonchev–Trinajstić information content (AvgIpc) is 2.74. The minimum absolute atomic E-state index is 0.134. The standard InChI is InChI=1S/C21H24N2O5/c1-16(28-19-9-7-18(24)8-10-19)20(25)22-11-13-23(14-12-22)21(26)27-15-17-5-3-2-4-6-17/h2-10,16,24H,11-15H2,1H3. The molecule has 2 aromatic carbocycles. The van der Waals surface area contributed by atoms with Gasteiger partial charge in [0.05, 0.1) is 0 Å². The number of nitrogens with zero attached hydrogens (tertiary/aromatic N) is 2. The molecule has 148 valence electrons. The fourth-order valence-corrected chi connectivity index (χ4v) is 2.96.